The Morgan fingerprint density at radius 2 is 2.50 bits per heavy atom. The monoisotopic (exact) mass is 212 g/mol. The van der Waals surface area contributed by atoms with Gasteiger partial charge in [0.1, 0.15) is 0 Å². The van der Waals surface area contributed by atoms with E-state index < -0.39 is 0 Å². The van der Waals surface area contributed by atoms with E-state index in [4.69, 9.17) is 10.5 Å². The molecule has 2 heterocycles. The van der Waals surface area contributed by atoms with E-state index in [1.54, 1.807) is 11.3 Å². The van der Waals surface area contributed by atoms with Gasteiger partial charge in [-0.15, -0.1) is 0 Å². The summed E-state index contributed by atoms with van der Waals surface area (Å²) in [5.41, 5.74) is 7.23. The third-order valence-corrected chi connectivity index (χ3v) is 3.30. The van der Waals surface area contributed by atoms with Gasteiger partial charge in [0.05, 0.1) is 13.2 Å². The lowest BCUT2D eigenvalue weighted by Crippen LogP contribution is -2.35. The van der Waals surface area contributed by atoms with E-state index in [2.05, 4.69) is 22.1 Å². The molecular formula is C10H16N2OS. The van der Waals surface area contributed by atoms with Gasteiger partial charge in [-0.1, -0.05) is 0 Å². The Bertz CT molecular complexity index is 263. The normalized spacial score (nSPS) is 26.9. The van der Waals surface area contributed by atoms with Gasteiger partial charge in [0.15, 0.2) is 0 Å². The SMILES string of the molecule is NC1COCC1CNCc1ccsc1. The van der Waals surface area contributed by atoms with Gasteiger partial charge in [0.25, 0.3) is 0 Å². The molecule has 2 rings (SSSR count). The highest BCUT2D eigenvalue weighted by molar-refractivity contribution is 7.07. The van der Waals surface area contributed by atoms with Crippen molar-refractivity contribution in [3.05, 3.63) is 22.4 Å². The molecule has 1 aliphatic rings. The lowest BCUT2D eigenvalue weighted by molar-refractivity contribution is 0.184. The zero-order chi connectivity index (χ0) is 9.80. The van der Waals surface area contributed by atoms with Crippen molar-refractivity contribution in [3.63, 3.8) is 0 Å². The topological polar surface area (TPSA) is 47.3 Å². The van der Waals surface area contributed by atoms with Crippen molar-refractivity contribution < 1.29 is 4.74 Å². The van der Waals surface area contributed by atoms with E-state index >= 15 is 0 Å². The first-order valence-electron chi connectivity index (χ1n) is 4.91. The summed E-state index contributed by atoms with van der Waals surface area (Å²) in [6.07, 6.45) is 0. The Labute approximate surface area is 88.3 Å². The summed E-state index contributed by atoms with van der Waals surface area (Å²) in [6, 6.07) is 2.35. The molecule has 1 fully saturated rings. The fourth-order valence-corrected chi connectivity index (χ4v) is 2.29. The van der Waals surface area contributed by atoms with E-state index in [9.17, 15) is 0 Å². The molecule has 0 saturated carbocycles. The Morgan fingerprint density at radius 1 is 1.57 bits per heavy atom. The Morgan fingerprint density at radius 3 is 3.14 bits per heavy atom. The van der Waals surface area contributed by atoms with E-state index in [1.807, 2.05) is 0 Å². The number of thiophene rings is 1. The van der Waals surface area contributed by atoms with Gasteiger partial charge >= 0.3 is 0 Å². The zero-order valence-corrected chi connectivity index (χ0v) is 8.93. The average Bonchev–Trinajstić information content (AvgIpc) is 2.78. The van der Waals surface area contributed by atoms with Gasteiger partial charge in [-0.05, 0) is 22.4 Å². The first-order valence-corrected chi connectivity index (χ1v) is 5.85. The summed E-state index contributed by atoms with van der Waals surface area (Å²) >= 11 is 1.73. The molecule has 0 aliphatic carbocycles. The number of nitrogens with one attached hydrogen (secondary N) is 1. The van der Waals surface area contributed by atoms with Crippen molar-refractivity contribution in [2.24, 2.45) is 11.7 Å². The second kappa shape index (κ2) is 4.89. The first-order chi connectivity index (χ1) is 6.86. The smallest absolute Gasteiger partial charge is 0.0621 e. The standard InChI is InChI=1S/C10H16N2OS/c11-10-6-13-5-9(10)4-12-3-8-1-2-14-7-8/h1-2,7,9-10,12H,3-6,11H2. The van der Waals surface area contributed by atoms with Crippen molar-refractivity contribution in [2.75, 3.05) is 19.8 Å². The Hall–Kier alpha value is -0.420. The highest BCUT2D eigenvalue weighted by atomic mass is 32.1. The fourth-order valence-electron chi connectivity index (χ4n) is 1.62. The van der Waals surface area contributed by atoms with Crippen LogP contribution in [0.5, 0.6) is 0 Å². The highest BCUT2D eigenvalue weighted by Crippen LogP contribution is 2.11. The van der Waals surface area contributed by atoms with Crippen LogP contribution in [0, 0.1) is 5.92 Å². The number of hydrogen-bond acceptors (Lipinski definition) is 4. The second-order valence-electron chi connectivity index (χ2n) is 3.72. The van der Waals surface area contributed by atoms with Gasteiger partial charge < -0.3 is 15.8 Å². The minimum Gasteiger partial charge on any atom is -0.379 e. The van der Waals surface area contributed by atoms with Crippen LogP contribution in [0.4, 0.5) is 0 Å². The molecule has 1 saturated heterocycles. The van der Waals surface area contributed by atoms with Crippen LogP contribution < -0.4 is 11.1 Å². The second-order valence-corrected chi connectivity index (χ2v) is 4.50. The summed E-state index contributed by atoms with van der Waals surface area (Å²) in [6.45, 7) is 3.41. The third-order valence-electron chi connectivity index (χ3n) is 2.56. The van der Waals surface area contributed by atoms with Crippen LogP contribution in [0.1, 0.15) is 5.56 Å². The van der Waals surface area contributed by atoms with Gasteiger partial charge in [-0.2, -0.15) is 11.3 Å². The van der Waals surface area contributed by atoms with Crippen LogP contribution >= 0.6 is 11.3 Å². The molecule has 14 heavy (non-hydrogen) atoms. The minimum absolute atomic E-state index is 0.213. The lowest BCUT2D eigenvalue weighted by atomic mass is 10.1. The van der Waals surface area contributed by atoms with Crippen molar-refractivity contribution in [1.29, 1.82) is 0 Å². The molecule has 0 spiro atoms. The quantitative estimate of drug-likeness (QED) is 0.776. The molecule has 0 aromatic carbocycles. The molecule has 2 unspecified atom stereocenters. The van der Waals surface area contributed by atoms with Gasteiger partial charge in [0, 0.05) is 25.0 Å². The number of nitrogens with two attached hydrogens (primary N) is 1. The summed E-state index contributed by atoms with van der Waals surface area (Å²) in [5.74, 6) is 0.480. The van der Waals surface area contributed by atoms with Gasteiger partial charge in [-0.25, -0.2) is 0 Å². The molecule has 4 heteroatoms. The third kappa shape index (κ3) is 2.54. The van der Waals surface area contributed by atoms with Crippen LogP contribution in [-0.2, 0) is 11.3 Å². The maximum Gasteiger partial charge on any atom is 0.0621 e. The molecule has 0 amide bonds. The fraction of sp³-hybridized carbons (Fsp3) is 0.600. The van der Waals surface area contributed by atoms with E-state index in [1.165, 1.54) is 5.56 Å². The molecule has 78 valence electrons. The predicted molar refractivity (Wildman–Crippen MR) is 58.3 cm³/mol. The van der Waals surface area contributed by atoms with E-state index in [0.29, 0.717) is 12.5 Å². The molecule has 0 bridgehead atoms. The number of ether oxygens (including phenoxy) is 1. The van der Waals surface area contributed by atoms with Gasteiger partial charge in [0.2, 0.25) is 0 Å². The van der Waals surface area contributed by atoms with Crippen molar-refractivity contribution >= 4 is 11.3 Å². The summed E-state index contributed by atoms with van der Waals surface area (Å²) < 4.78 is 5.29. The summed E-state index contributed by atoms with van der Waals surface area (Å²) in [4.78, 5) is 0. The Kier molecular flexibility index (Phi) is 3.53. The molecule has 3 nitrogen and oxygen atoms in total. The minimum atomic E-state index is 0.213. The molecule has 2 atom stereocenters. The maximum absolute atomic E-state index is 5.88. The van der Waals surface area contributed by atoms with Crippen molar-refractivity contribution in [1.82, 2.24) is 5.32 Å². The molecule has 0 radical (unpaired) electrons. The molecule has 1 aromatic heterocycles. The van der Waals surface area contributed by atoms with Gasteiger partial charge in [-0.3, -0.25) is 0 Å². The molecule has 1 aromatic rings. The maximum atomic E-state index is 5.88. The van der Waals surface area contributed by atoms with Crippen LogP contribution in [0.25, 0.3) is 0 Å². The lowest BCUT2D eigenvalue weighted by Gasteiger charge is -2.13. The van der Waals surface area contributed by atoms with E-state index in [-0.39, 0.29) is 6.04 Å². The summed E-state index contributed by atoms with van der Waals surface area (Å²) in [5, 5.41) is 7.67. The summed E-state index contributed by atoms with van der Waals surface area (Å²) in [7, 11) is 0. The highest BCUT2D eigenvalue weighted by Gasteiger charge is 2.23. The number of hydrogen-bond donors (Lipinski definition) is 2. The van der Waals surface area contributed by atoms with Crippen LogP contribution in [-0.4, -0.2) is 25.8 Å². The molecule has 3 N–H and O–H groups in total. The number of rotatable bonds is 4. The predicted octanol–water partition coefficient (Wildman–Crippen LogP) is 0.811. The average molecular weight is 212 g/mol. The Balaban J connectivity index is 1.68. The van der Waals surface area contributed by atoms with Crippen molar-refractivity contribution in [3.8, 4) is 0 Å². The first kappa shape index (κ1) is 10.1. The van der Waals surface area contributed by atoms with Crippen molar-refractivity contribution in [2.45, 2.75) is 12.6 Å². The largest absolute Gasteiger partial charge is 0.379 e. The van der Waals surface area contributed by atoms with Crippen LogP contribution in [0.3, 0.4) is 0 Å². The zero-order valence-electron chi connectivity index (χ0n) is 8.11. The molecular weight excluding hydrogens is 196 g/mol. The van der Waals surface area contributed by atoms with Crippen LogP contribution in [0.2, 0.25) is 0 Å². The van der Waals surface area contributed by atoms with E-state index in [0.717, 1.165) is 19.7 Å². The molecule has 1 aliphatic heterocycles. The van der Waals surface area contributed by atoms with Crippen LogP contribution in [0.15, 0.2) is 16.8 Å².